The monoisotopic (exact) mass is 479 g/mol. The normalized spacial score (nSPS) is 11.6. The maximum atomic E-state index is 14.7. The largest absolute Gasteiger partial charge is 0.383 e. The van der Waals surface area contributed by atoms with E-state index in [0.717, 1.165) is 5.56 Å². The number of hydrogen-bond donors (Lipinski definition) is 1. The van der Waals surface area contributed by atoms with E-state index in [1.54, 1.807) is 35.0 Å². The highest BCUT2D eigenvalue weighted by atomic mass is 35.5. The van der Waals surface area contributed by atoms with Crippen LogP contribution in [-0.4, -0.2) is 58.2 Å². The molecule has 0 spiro atoms. The second kappa shape index (κ2) is 9.58. The van der Waals surface area contributed by atoms with Gasteiger partial charge in [-0.1, -0.05) is 29.8 Å². The summed E-state index contributed by atoms with van der Waals surface area (Å²) in [7, 11) is 5.31. The number of carbonyl (C=O) groups is 1. The van der Waals surface area contributed by atoms with Crippen molar-refractivity contribution in [2.75, 3.05) is 38.3 Å². The molecule has 4 aromatic rings. The third kappa shape index (κ3) is 4.61. The molecule has 8 nitrogen and oxygen atoms in total. The summed E-state index contributed by atoms with van der Waals surface area (Å²) in [6.45, 7) is 0.593. The fourth-order valence-corrected chi connectivity index (χ4v) is 3.58. The van der Waals surface area contributed by atoms with Gasteiger partial charge in [0.05, 0.1) is 16.8 Å². The Kier molecular flexibility index (Phi) is 6.58. The minimum Gasteiger partial charge on any atom is -0.383 e. The van der Waals surface area contributed by atoms with Gasteiger partial charge in [-0.3, -0.25) is 4.79 Å². The number of nitrogens with two attached hydrogens (primary N) is 1. The van der Waals surface area contributed by atoms with Gasteiger partial charge in [0.1, 0.15) is 23.7 Å². The first-order valence-corrected chi connectivity index (χ1v) is 10.8. The molecule has 0 aliphatic carbocycles. The molecule has 0 radical (unpaired) electrons. The predicted molar refractivity (Wildman–Crippen MR) is 133 cm³/mol. The molecule has 0 bridgehead atoms. The van der Waals surface area contributed by atoms with Crippen molar-refractivity contribution in [2.24, 2.45) is 0 Å². The van der Waals surface area contributed by atoms with Gasteiger partial charge in [-0.25, -0.2) is 19.0 Å². The van der Waals surface area contributed by atoms with E-state index in [1.165, 1.54) is 30.4 Å². The Morgan fingerprint density at radius 2 is 1.88 bits per heavy atom. The number of hydrogen-bond acceptors (Lipinski definition) is 6. The van der Waals surface area contributed by atoms with E-state index < -0.39 is 5.82 Å². The van der Waals surface area contributed by atoms with E-state index in [0.29, 0.717) is 34.0 Å². The highest BCUT2D eigenvalue weighted by Crippen LogP contribution is 2.33. The maximum Gasteiger partial charge on any atom is 0.250 e. The van der Waals surface area contributed by atoms with Gasteiger partial charge in [0.2, 0.25) is 0 Å². The van der Waals surface area contributed by atoms with E-state index >= 15 is 0 Å². The molecule has 174 valence electrons. The Morgan fingerprint density at radius 3 is 2.59 bits per heavy atom. The van der Waals surface area contributed by atoms with Gasteiger partial charge in [0, 0.05) is 30.3 Å². The molecular formula is C24H23ClFN7O. The van der Waals surface area contributed by atoms with Crippen molar-refractivity contribution < 1.29 is 9.18 Å². The maximum absolute atomic E-state index is 14.7. The first kappa shape index (κ1) is 23.3. The number of halogens is 2. The zero-order valence-corrected chi connectivity index (χ0v) is 19.7. The zero-order chi connectivity index (χ0) is 24.4. The van der Waals surface area contributed by atoms with Crippen LogP contribution in [0.15, 0.2) is 60.9 Å². The fourth-order valence-electron chi connectivity index (χ4n) is 3.45. The van der Waals surface area contributed by atoms with E-state index in [9.17, 15) is 9.18 Å². The van der Waals surface area contributed by atoms with E-state index in [1.807, 2.05) is 31.1 Å². The zero-order valence-electron chi connectivity index (χ0n) is 18.9. The number of carbonyl (C=O) groups excluding carboxylic acids is 1. The van der Waals surface area contributed by atoms with Crippen LogP contribution >= 0.6 is 11.6 Å². The minimum absolute atomic E-state index is 0.107. The topological polar surface area (TPSA) is 93.2 Å². The SMILES string of the molecule is CN(C)CC=CC(=O)N(C)c1cc(-n2nc(-c3ccc(Cl)cc3)c3c(N)ncnc32)ccc1F. The number of rotatable bonds is 6. The third-order valence-corrected chi connectivity index (χ3v) is 5.46. The molecule has 4 rings (SSSR count). The lowest BCUT2D eigenvalue weighted by molar-refractivity contribution is -0.113. The van der Waals surface area contributed by atoms with Gasteiger partial charge in [0.25, 0.3) is 5.91 Å². The van der Waals surface area contributed by atoms with Crippen LogP contribution in [0.4, 0.5) is 15.9 Å². The molecule has 1 amide bonds. The number of nitrogens with zero attached hydrogens (tertiary/aromatic N) is 6. The van der Waals surface area contributed by atoms with Gasteiger partial charge >= 0.3 is 0 Å². The molecule has 0 saturated heterocycles. The van der Waals surface area contributed by atoms with Crippen LogP contribution in [0, 0.1) is 5.82 Å². The van der Waals surface area contributed by atoms with E-state index in [-0.39, 0.29) is 17.4 Å². The van der Waals surface area contributed by atoms with Crippen LogP contribution < -0.4 is 10.6 Å². The number of nitrogen functional groups attached to an aromatic ring is 1. The Morgan fingerprint density at radius 1 is 1.15 bits per heavy atom. The second-order valence-electron chi connectivity index (χ2n) is 7.92. The molecule has 0 saturated carbocycles. The summed E-state index contributed by atoms with van der Waals surface area (Å²) in [5.74, 6) is -0.623. The highest BCUT2D eigenvalue weighted by molar-refractivity contribution is 6.30. The number of benzene rings is 2. The number of anilines is 2. The van der Waals surface area contributed by atoms with Crippen molar-refractivity contribution in [2.45, 2.75) is 0 Å². The lowest BCUT2D eigenvalue weighted by atomic mass is 10.1. The summed E-state index contributed by atoms with van der Waals surface area (Å²) in [5.41, 5.74) is 8.58. The standard InChI is InChI=1S/C24H23ClFN7O/c1-31(2)12-4-5-20(34)32(3)19-13-17(10-11-18(19)26)33-24-21(23(27)28-14-29-24)22(30-33)15-6-8-16(25)9-7-15/h4-11,13-14H,12H2,1-3H3,(H2,27,28,29). The second-order valence-corrected chi connectivity index (χ2v) is 8.36. The van der Waals surface area contributed by atoms with Crippen LogP contribution in [0.2, 0.25) is 5.02 Å². The predicted octanol–water partition coefficient (Wildman–Crippen LogP) is 3.94. The molecule has 2 N–H and O–H groups in total. The summed E-state index contributed by atoms with van der Waals surface area (Å²) in [6, 6.07) is 11.5. The Labute approximate surface area is 201 Å². The summed E-state index contributed by atoms with van der Waals surface area (Å²) in [5, 5.41) is 5.86. The van der Waals surface area contributed by atoms with Crippen LogP contribution in [0.3, 0.4) is 0 Å². The molecule has 0 aliphatic heterocycles. The van der Waals surface area contributed by atoms with Crippen molar-refractivity contribution >= 4 is 40.0 Å². The van der Waals surface area contributed by atoms with Gasteiger partial charge in [-0.05, 0) is 44.4 Å². The number of likely N-dealkylation sites (N-methyl/N-ethyl adjacent to an activating group) is 2. The average Bonchev–Trinajstić information content (AvgIpc) is 3.20. The first-order valence-electron chi connectivity index (χ1n) is 10.4. The van der Waals surface area contributed by atoms with Gasteiger partial charge in [-0.15, -0.1) is 0 Å². The summed E-state index contributed by atoms with van der Waals surface area (Å²) in [6.07, 6.45) is 4.48. The van der Waals surface area contributed by atoms with Crippen LogP contribution in [0.5, 0.6) is 0 Å². The van der Waals surface area contributed by atoms with Crippen LogP contribution in [0.25, 0.3) is 28.0 Å². The van der Waals surface area contributed by atoms with Crippen molar-refractivity contribution in [1.29, 1.82) is 0 Å². The number of amides is 1. The molecule has 0 unspecified atom stereocenters. The molecule has 2 aromatic heterocycles. The van der Waals surface area contributed by atoms with Gasteiger partial charge in [-0.2, -0.15) is 5.10 Å². The summed E-state index contributed by atoms with van der Waals surface area (Å²) < 4.78 is 16.3. The fraction of sp³-hybridized carbons (Fsp3) is 0.167. The summed E-state index contributed by atoms with van der Waals surface area (Å²) >= 11 is 6.03. The smallest absolute Gasteiger partial charge is 0.250 e. The van der Waals surface area contributed by atoms with Gasteiger partial charge in [0.15, 0.2) is 5.65 Å². The molecule has 34 heavy (non-hydrogen) atoms. The number of fused-ring (bicyclic) bond motifs is 1. The highest BCUT2D eigenvalue weighted by Gasteiger charge is 2.20. The van der Waals surface area contributed by atoms with Crippen molar-refractivity contribution in [1.82, 2.24) is 24.6 Å². The van der Waals surface area contributed by atoms with E-state index in [2.05, 4.69) is 9.97 Å². The third-order valence-electron chi connectivity index (χ3n) is 5.21. The Balaban J connectivity index is 1.80. The first-order chi connectivity index (χ1) is 16.3. The molecule has 0 atom stereocenters. The minimum atomic E-state index is -0.538. The lowest BCUT2D eigenvalue weighted by Gasteiger charge is -2.17. The van der Waals surface area contributed by atoms with Crippen molar-refractivity contribution in [3.63, 3.8) is 0 Å². The molecule has 2 aromatic carbocycles. The van der Waals surface area contributed by atoms with Crippen molar-refractivity contribution in [3.05, 3.63) is 71.8 Å². The Bertz CT molecular complexity index is 1380. The average molecular weight is 480 g/mol. The van der Waals surface area contributed by atoms with Crippen molar-refractivity contribution in [3.8, 4) is 16.9 Å². The molecule has 0 fully saturated rings. The lowest BCUT2D eigenvalue weighted by Crippen LogP contribution is -2.25. The Hall–Kier alpha value is -3.82. The number of aromatic nitrogens is 4. The van der Waals surface area contributed by atoms with Crippen LogP contribution in [0.1, 0.15) is 0 Å². The van der Waals surface area contributed by atoms with Gasteiger partial charge < -0.3 is 15.5 Å². The quantitative estimate of drug-likeness (QED) is 0.421. The van der Waals surface area contributed by atoms with Crippen LogP contribution in [-0.2, 0) is 4.79 Å². The summed E-state index contributed by atoms with van der Waals surface area (Å²) in [4.78, 5) is 24.2. The van der Waals surface area contributed by atoms with E-state index in [4.69, 9.17) is 22.4 Å². The molecular weight excluding hydrogens is 457 g/mol. The molecule has 0 aliphatic rings. The molecule has 10 heteroatoms. The molecule has 2 heterocycles.